The quantitative estimate of drug-likeness (QED) is 0.832. The van der Waals surface area contributed by atoms with Crippen LogP contribution in [0.3, 0.4) is 0 Å². The van der Waals surface area contributed by atoms with E-state index in [1.807, 2.05) is 0 Å². The number of alkyl halides is 3. The summed E-state index contributed by atoms with van der Waals surface area (Å²) in [4.78, 5) is 11.1. The fraction of sp³-hybridized carbons (Fsp3) is 0.417. The Bertz CT molecular complexity index is 497. The highest BCUT2D eigenvalue weighted by molar-refractivity contribution is 5.75. The molecule has 104 valence electrons. The van der Waals surface area contributed by atoms with Crippen molar-refractivity contribution in [3.8, 4) is 0 Å². The van der Waals surface area contributed by atoms with Crippen molar-refractivity contribution in [2.24, 2.45) is 0 Å². The summed E-state index contributed by atoms with van der Waals surface area (Å²) in [6.07, 6.45) is -3.27. The third kappa shape index (κ3) is 3.23. The van der Waals surface area contributed by atoms with Crippen LogP contribution in [0.1, 0.15) is 30.0 Å². The van der Waals surface area contributed by atoms with Gasteiger partial charge in [-0.1, -0.05) is 6.07 Å². The van der Waals surface area contributed by atoms with Crippen molar-refractivity contribution in [2.45, 2.75) is 31.1 Å². The molecule has 1 aromatic carbocycles. The molecule has 1 aliphatic carbocycles. The standard InChI is InChI=1S/C12H11F4NO2/c13-9-4-1-6(5-8(9)12(14,15)16)10(11(18)19)17-7-2-3-7/h1,4-5,7,10,17H,2-3H2,(H,18,19). The van der Waals surface area contributed by atoms with E-state index in [2.05, 4.69) is 5.32 Å². The fourth-order valence-corrected chi connectivity index (χ4v) is 1.74. The Morgan fingerprint density at radius 2 is 2.00 bits per heavy atom. The molecule has 0 radical (unpaired) electrons. The second-order valence-corrected chi connectivity index (χ2v) is 4.45. The van der Waals surface area contributed by atoms with E-state index in [0.717, 1.165) is 18.9 Å². The normalized spacial score (nSPS) is 17.3. The number of aliphatic carboxylic acids is 1. The van der Waals surface area contributed by atoms with Gasteiger partial charge in [-0.3, -0.25) is 10.1 Å². The summed E-state index contributed by atoms with van der Waals surface area (Å²) in [7, 11) is 0. The number of hydrogen-bond acceptors (Lipinski definition) is 2. The van der Waals surface area contributed by atoms with Gasteiger partial charge in [0.1, 0.15) is 11.9 Å². The first-order chi connectivity index (χ1) is 8.79. The topological polar surface area (TPSA) is 49.3 Å². The predicted octanol–water partition coefficient (Wildman–Crippen LogP) is 2.72. The van der Waals surface area contributed by atoms with Gasteiger partial charge in [-0.15, -0.1) is 0 Å². The van der Waals surface area contributed by atoms with Gasteiger partial charge in [0.15, 0.2) is 0 Å². The van der Waals surface area contributed by atoms with Crippen LogP contribution in [0.4, 0.5) is 17.6 Å². The highest BCUT2D eigenvalue weighted by atomic mass is 19.4. The van der Waals surface area contributed by atoms with E-state index in [9.17, 15) is 22.4 Å². The third-order valence-corrected chi connectivity index (χ3v) is 2.86. The van der Waals surface area contributed by atoms with E-state index in [1.165, 1.54) is 0 Å². The van der Waals surface area contributed by atoms with Crippen molar-refractivity contribution in [3.63, 3.8) is 0 Å². The molecule has 1 aromatic rings. The second-order valence-electron chi connectivity index (χ2n) is 4.45. The zero-order valence-electron chi connectivity index (χ0n) is 9.67. The van der Waals surface area contributed by atoms with E-state index in [-0.39, 0.29) is 11.6 Å². The maximum atomic E-state index is 13.1. The van der Waals surface area contributed by atoms with Crippen molar-refractivity contribution in [1.82, 2.24) is 5.32 Å². The molecule has 1 unspecified atom stereocenters. The summed E-state index contributed by atoms with van der Waals surface area (Å²) in [5, 5.41) is 11.7. The molecule has 0 bridgehead atoms. The minimum atomic E-state index is -4.84. The van der Waals surface area contributed by atoms with Crippen molar-refractivity contribution in [2.75, 3.05) is 0 Å². The summed E-state index contributed by atoms with van der Waals surface area (Å²) < 4.78 is 50.8. The molecule has 2 N–H and O–H groups in total. The number of carboxylic acids is 1. The summed E-state index contributed by atoms with van der Waals surface area (Å²) >= 11 is 0. The van der Waals surface area contributed by atoms with E-state index in [4.69, 9.17) is 5.11 Å². The molecule has 19 heavy (non-hydrogen) atoms. The third-order valence-electron chi connectivity index (χ3n) is 2.86. The Hall–Kier alpha value is -1.63. The van der Waals surface area contributed by atoms with Gasteiger partial charge in [0.25, 0.3) is 0 Å². The molecular formula is C12H11F4NO2. The molecule has 1 atom stereocenters. The fourth-order valence-electron chi connectivity index (χ4n) is 1.74. The number of rotatable bonds is 4. The Labute approximate surface area is 106 Å². The molecular weight excluding hydrogens is 266 g/mol. The lowest BCUT2D eigenvalue weighted by Crippen LogP contribution is -2.30. The molecule has 0 aliphatic heterocycles. The second kappa shape index (κ2) is 4.80. The molecule has 1 saturated carbocycles. The molecule has 0 heterocycles. The van der Waals surface area contributed by atoms with Gasteiger partial charge in [0.05, 0.1) is 5.56 Å². The van der Waals surface area contributed by atoms with E-state index >= 15 is 0 Å². The summed E-state index contributed by atoms with van der Waals surface area (Å²) in [6, 6.07) is 0.986. The zero-order valence-corrected chi connectivity index (χ0v) is 9.67. The lowest BCUT2D eigenvalue weighted by Gasteiger charge is -2.16. The molecule has 0 spiro atoms. The summed E-state index contributed by atoms with van der Waals surface area (Å²) in [5.74, 6) is -2.70. The Balaban J connectivity index is 2.34. The number of hydrogen-bond donors (Lipinski definition) is 2. The van der Waals surface area contributed by atoms with Crippen LogP contribution < -0.4 is 5.32 Å². The molecule has 0 amide bonds. The Kier molecular flexibility index (Phi) is 3.49. The molecule has 1 aliphatic rings. The van der Waals surface area contributed by atoms with Gasteiger partial charge in [-0.05, 0) is 30.5 Å². The van der Waals surface area contributed by atoms with Gasteiger partial charge in [-0.25, -0.2) is 4.39 Å². The van der Waals surface area contributed by atoms with Gasteiger partial charge in [-0.2, -0.15) is 13.2 Å². The molecule has 2 rings (SSSR count). The van der Waals surface area contributed by atoms with E-state index < -0.39 is 29.6 Å². The highest BCUT2D eigenvalue weighted by Gasteiger charge is 2.36. The Morgan fingerprint density at radius 3 is 2.47 bits per heavy atom. The van der Waals surface area contributed by atoms with Crippen LogP contribution in [0.15, 0.2) is 18.2 Å². The lowest BCUT2D eigenvalue weighted by molar-refractivity contribution is -0.142. The van der Waals surface area contributed by atoms with Crippen LogP contribution in [0, 0.1) is 5.82 Å². The maximum absolute atomic E-state index is 13.1. The number of halogens is 4. The monoisotopic (exact) mass is 277 g/mol. The molecule has 0 saturated heterocycles. The van der Waals surface area contributed by atoms with E-state index in [0.29, 0.717) is 12.1 Å². The predicted molar refractivity (Wildman–Crippen MR) is 57.9 cm³/mol. The summed E-state index contributed by atoms with van der Waals surface area (Å²) in [6.45, 7) is 0. The van der Waals surface area contributed by atoms with Crippen molar-refractivity contribution in [1.29, 1.82) is 0 Å². The average molecular weight is 277 g/mol. The first-order valence-corrected chi connectivity index (χ1v) is 5.64. The molecule has 3 nitrogen and oxygen atoms in total. The van der Waals surface area contributed by atoms with Crippen LogP contribution in [-0.2, 0) is 11.0 Å². The lowest BCUT2D eigenvalue weighted by atomic mass is 10.0. The van der Waals surface area contributed by atoms with Gasteiger partial charge < -0.3 is 5.11 Å². The highest BCUT2D eigenvalue weighted by Crippen LogP contribution is 2.33. The SMILES string of the molecule is O=C(O)C(NC1CC1)c1ccc(F)c(C(F)(F)F)c1. The largest absolute Gasteiger partial charge is 0.480 e. The van der Waals surface area contributed by atoms with Crippen LogP contribution in [-0.4, -0.2) is 17.1 Å². The number of nitrogens with one attached hydrogen (secondary N) is 1. The van der Waals surface area contributed by atoms with Gasteiger partial charge in [0, 0.05) is 6.04 Å². The maximum Gasteiger partial charge on any atom is 0.419 e. The molecule has 1 fully saturated rings. The van der Waals surface area contributed by atoms with Crippen molar-refractivity contribution < 1.29 is 27.5 Å². The Morgan fingerprint density at radius 1 is 1.37 bits per heavy atom. The zero-order chi connectivity index (χ0) is 14.2. The minimum absolute atomic E-state index is 0.000454. The minimum Gasteiger partial charge on any atom is -0.480 e. The molecule has 0 aromatic heterocycles. The molecule has 7 heteroatoms. The van der Waals surface area contributed by atoms with Gasteiger partial charge >= 0.3 is 12.1 Å². The number of carbonyl (C=O) groups is 1. The van der Waals surface area contributed by atoms with Crippen LogP contribution in [0.2, 0.25) is 0 Å². The van der Waals surface area contributed by atoms with Crippen LogP contribution in [0.5, 0.6) is 0 Å². The van der Waals surface area contributed by atoms with Crippen molar-refractivity contribution in [3.05, 3.63) is 35.1 Å². The van der Waals surface area contributed by atoms with Crippen LogP contribution >= 0.6 is 0 Å². The van der Waals surface area contributed by atoms with E-state index in [1.54, 1.807) is 0 Å². The first-order valence-electron chi connectivity index (χ1n) is 5.64. The van der Waals surface area contributed by atoms with Crippen LogP contribution in [0.25, 0.3) is 0 Å². The van der Waals surface area contributed by atoms with Crippen molar-refractivity contribution >= 4 is 5.97 Å². The average Bonchev–Trinajstić information content (AvgIpc) is 3.09. The first kappa shape index (κ1) is 13.8. The number of benzene rings is 1. The summed E-state index contributed by atoms with van der Waals surface area (Å²) in [5.41, 5.74) is -1.55. The van der Waals surface area contributed by atoms with Gasteiger partial charge in [0.2, 0.25) is 0 Å². The number of carboxylic acid groups (broad SMARTS) is 1. The smallest absolute Gasteiger partial charge is 0.419 e.